The Morgan fingerprint density at radius 2 is 2.19 bits per heavy atom. The summed E-state index contributed by atoms with van der Waals surface area (Å²) >= 11 is 0. The number of rotatable bonds is 6. The van der Waals surface area contributed by atoms with Crippen molar-refractivity contribution in [3.63, 3.8) is 0 Å². The first-order valence-electron chi connectivity index (χ1n) is 8.94. The minimum Gasteiger partial charge on any atom is -0.353 e. The van der Waals surface area contributed by atoms with Gasteiger partial charge in [0.25, 0.3) is 0 Å². The molecular weight excluding hydrogens is 332 g/mol. The Labute approximate surface area is 153 Å². The van der Waals surface area contributed by atoms with Gasteiger partial charge in [0, 0.05) is 44.1 Å². The number of aromatic nitrogens is 3. The number of hydrogen-bond donors (Lipinski definition) is 1. The predicted molar refractivity (Wildman–Crippen MR) is 98.7 cm³/mol. The molecule has 0 aromatic carbocycles. The third-order valence-electron chi connectivity index (χ3n) is 4.66. The van der Waals surface area contributed by atoms with Crippen molar-refractivity contribution in [2.45, 2.75) is 25.8 Å². The second kappa shape index (κ2) is 7.82. The molecule has 0 spiro atoms. The SMILES string of the molecule is CC(=O)N1CC[C@H](c2nn(CCNC(=O)CN(C)C)c3ncccc23)C1. The minimum atomic E-state index is -0.00691. The van der Waals surface area contributed by atoms with Gasteiger partial charge in [0.2, 0.25) is 11.8 Å². The van der Waals surface area contributed by atoms with Crippen LogP contribution in [-0.2, 0) is 16.1 Å². The normalized spacial score (nSPS) is 17.2. The first kappa shape index (κ1) is 18.3. The maximum absolute atomic E-state index is 11.8. The van der Waals surface area contributed by atoms with Crippen LogP contribution in [0.3, 0.4) is 0 Å². The van der Waals surface area contributed by atoms with Gasteiger partial charge in [0.15, 0.2) is 5.65 Å². The van der Waals surface area contributed by atoms with Crippen molar-refractivity contribution < 1.29 is 9.59 Å². The third-order valence-corrected chi connectivity index (χ3v) is 4.66. The molecule has 0 bridgehead atoms. The highest BCUT2D eigenvalue weighted by molar-refractivity contribution is 5.80. The number of pyridine rings is 1. The fourth-order valence-electron chi connectivity index (χ4n) is 3.41. The lowest BCUT2D eigenvalue weighted by Crippen LogP contribution is -2.35. The van der Waals surface area contributed by atoms with E-state index in [1.54, 1.807) is 13.1 Å². The highest BCUT2D eigenvalue weighted by atomic mass is 16.2. The molecule has 8 heteroatoms. The molecule has 26 heavy (non-hydrogen) atoms. The average Bonchev–Trinajstić information content (AvgIpc) is 3.19. The molecule has 0 aliphatic carbocycles. The molecule has 1 atom stereocenters. The van der Waals surface area contributed by atoms with Gasteiger partial charge < -0.3 is 15.1 Å². The van der Waals surface area contributed by atoms with Gasteiger partial charge in [-0.15, -0.1) is 0 Å². The molecular formula is C18H26N6O2. The van der Waals surface area contributed by atoms with E-state index < -0.39 is 0 Å². The van der Waals surface area contributed by atoms with Crippen LogP contribution in [0.15, 0.2) is 18.3 Å². The molecule has 8 nitrogen and oxygen atoms in total. The zero-order valence-corrected chi connectivity index (χ0v) is 15.6. The molecule has 0 radical (unpaired) electrons. The van der Waals surface area contributed by atoms with Gasteiger partial charge in [-0.2, -0.15) is 5.10 Å². The van der Waals surface area contributed by atoms with Crippen LogP contribution in [0.1, 0.15) is 25.0 Å². The van der Waals surface area contributed by atoms with Crippen molar-refractivity contribution in [2.75, 3.05) is 40.3 Å². The standard InChI is InChI=1S/C18H26N6O2/c1-13(25)23-9-6-14(11-23)17-15-5-4-7-20-18(15)24(21-17)10-8-19-16(26)12-22(2)3/h4-5,7,14H,6,8-12H2,1-3H3,(H,19,26)/t14-/m0/s1. The van der Waals surface area contributed by atoms with Crippen LogP contribution in [0.25, 0.3) is 11.0 Å². The summed E-state index contributed by atoms with van der Waals surface area (Å²) in [6.45, 7) is 4.52. The highest BCUT2D eigenvalue weighted by Gasteiger charge is 2.29. The van der Waals surface area contributed by atoms with E-state index in [1.807, 2.05) is 40.7 Å². The van der Waals surface area contributed by atoms with Crippen LogP contribution in [0.4, 0.5) is 0 Å². The zero-order chi connectivity index (χ0) is 18.7. The summed E-state index contributed by atoms with van der Waals surface area (Å²) in [7, 11) is 3.73. The van der Waals surface area contributed by atoms with Crippen molar-refractivity contribution in [3.05, 3.63) is 24.0 Å². The number of hydrogen-bond acceptors (Lipinski definition) is 5. The Bertz CT molecular complexity index is 800. The van der Waals surface area contributed by atoms with Crippen LogP contribution in [-0.4, -0.2) is 76.7 Å². The summed E-state index contributed by atoms with van der Waals surface area (Å²) in [4.78, 5) is 31.6. The Morgan fingerprint density at radius 1 is 1.38 bits per heavy atom. The number of carbonyl (C=O) groups excluding carboxylic acids is 2. The summed E-state index contributed by atoms with van der Waals surface area (Å²) in [5.41, 5.74) is 1.82. The van der Waals surface area contributed by atoms with Crippen LogP contribution in [0, 0.1) is 0 Å². The largest absolute Gasteiger partial charge is 0.353 e. The molecule has 3 rings (SSSR count). The van der Waals surface area contributed by atoms with Crippen LogP contribution in [0.2, 0.25) is 0 Å². The lowest BCUT2D eigenvalue weighted by molar-refractivity contribution is -0.127. The van der Waals surface area contributed by atoms with E-state index >= 15 is 0 Å². The Balaban J connectivity index is 1.73. The average molecular weight is 358 g/mol. The molecule has 1 fully saturated rings. The zero-order valence-electron chi connectivity index (χ0n) is 15.6. The lowest BCUT2D eigenvalue weighted by atomic mass is 10.0. The number of likely N-dealkylation sites (tertiary alicyclic amines) is 1. The number of nitrogens with zero attached hydrogens (tertiary/aromatic N) is 5. The van der Waals surface area contributed by atoms with E-state index in [1.165, 1.54) is 0 Å². The van der Waals surface area contributed by atoms with Crippen LogP contribution >= 0.6 is 0 Å². The Morgan fingerprint density at radius 3 is 2.88 bits per heavy atom. The third kappa shape index (κ3) is 4.01. The van der Waals surface area contributed by atoms with Gasteiger partial charge in [0.1, 0.15) is 0 Å². The van der Waals surface area contributed by atoms with Gasteiger partial charge >= 0.3 is 0 Å². The first-order chi connectivity index (χ1) is 12.5. The first-order valence-corrected chi connectivity index (χ1v) is 8.94. The van der Waals surface area contributed by atoms with E-state index in [0.29, 0.717) is 26.2 Å². The van der Waals surface area contributed by atoms with E-state index in [4.69, 9.17) is 5.10 Å². The van der Waals surface area contributed by atoms with E-state index in [9.17, 15) is 9.59 Å². The summed E-state index contributed by atoms with van der Waals surface area (Å²) in [5.74, 6) is 0.334. The molecule has 1 aliphatic heterocycles. The summed E-state index contributed by atoms with van der Waals surface area (Å²) < 4.78 is 1.86. The van der Waals surface area contributed by atoms with E-state index in [0.717, 1.165) is 29.7 Å². The number of carbonyl (C=O) groups is 2. The van der Waals surface area contributed by atoms with Crippen molar-refractivity contribution in [3.8, 4) is 0 Å². The topological polar surface area (TPSA) is 83.4 Å². The second-order valence-electron chi connectivity index (χ2n) is 7.02. The number of amides is 2. The molecule has 1 aliphatic rings. The predicted octanol–water partition coefficient (Wildman–Crippen LogP) is 0.445. The molecule has 140 valence electrons. The molecule has 1 saturated heterocycles. The smallest absolute Gasteiger partial charge is 0.234 e. The summed E-state index contributed by atoms with van der Waals surface area (Å²) in [6.07, 6.45) is 2.67. The number of nitrogens with one attached hydrogen (secondary N) is 1. The number of fused-ring (bicyclic) bond motifs is 1. The molecule has 3 heterocycles. The van der Waals surface area contributed by atoms with Gasteiger partial charge in [-0.1, -0.05) is 0 Å². The second-order valence-corrected chi connectivity index (χ2v) is 7.02. The van der Waals surface area contributed by atoms with Crippen molar-refractivity contribution in [1.29, 1.82) is 0 Å². The van der Waals surface area contributed by atoms with Crippen molar-refractivity contribution >= 4 is 22.8 Å². The van der Waals surface area contributed by atoms with E-state index in [2.05, 4.69) is 10.3 Å². The quantitative estimate of drug-likeness (QED) is 0.810. The van der Waals surface area contributed by atoms with Gasteiger partial charge in [-0.3, -0.25) is 9.59 Å². The van der Waals surface area contributed by atoms with Gasteiger partial charge in [-0.25, -0.2) is 9.67 Å². The summed E-state index contributed by atoms with van der Waals surface area (Å²) in [6, 6.07) is 3.94. The maximum Gasteiger partial charge on any atom is 0.234 e. The van der Waals surface area contributed by atoms with Crippen LogP contribution < -0.4 is 5.32 Å². The molecule has 1 N–H and O–H groups in total. The lowest BCUT2D eigenvalue weighted by Gasteiger charge is -2.13. The van der Waals surface area contributed by atoms with Crippen molar-refractivity contribution in [2.24, 2.45) is 0 Å². The van der Waals surface area contributed by atoms with Gasteiger partial charge in [0.05, 0.1) is 18.8 Å². The molecule has 2 aromatic rings. The molecule has 2 aromatic heterocycles. The Kier molecular flexibility index (Phi) is 5.51. The van der Waals surface area contributed by atoms with Crippen LogP contribution in [0.5, 0.6) is 0 Å². The monoisotopic (exact) mass is 358 g/mol. The summed E-state index contributed by atoms with van der Waals surface area (Å²) in [5, 5.41) is 8.71. The Hall–Kier alpha value is -2.48. The maximum atomic E-state index is 11.8. The van der Waals surface area contributed by atoms with Gasteiger partial charge in [-0.05, 0) is 32.6 Å². The molecule has 0 unspecified atom stereocenters. The number of likely N-dealkylation sites (N-methyl/N-ethyl adjacent to an activating group) is 1. The van der Waals surface area contributed by atoms with E-state index in [-0.39, 0.29) is 17.7 Å². The molecule has 0 saturated carbocycles. The molecule has 2 amide bonds. The minimum absolute atomic E-state index is 0.00691. The highest BCUT2D eigenvalue weighted by Crippen LogP contribution is 2.31. The van der Waals surface area contributed by atoms with Crippen molar-refractivity contribution in [1.82, 2.24) is 29.9 Å². The fraction of sp³-hybridized carbons (Fsp3) is 0.556. The fourth-order valence-corrected chi connectivity index (χ4v) is 3.41.